The summed E-state index contributed by atoms with van der Waals surface area (Å²) < 4.78 is 24.7. The third-order valence-corrected chi connectivity index (χ3v) is 4.43. The molecule has 2 aromatic carbocycles. The molecule has 3 rings (SSSR count). The van der Waals surface area contributed by atoms with Crippen LogP contribution in [0, 0.1) is 12.7 Å². The van der Waals surface area contributed by atoms with Crippen molar-refractivity contribution < 1.29 is 18.7 Å². The van der Waals surface area contributed by atoms with E-state index < -0.39 is 6.10 Å². The summed E-state index contributed by atoms with van der Waals surface area (Å²) in [6.45, 7) is 7.71. The molecular weight excluding hydrogens is 333 g/mol. The first-order chi connectivity index (χ1) is 12.2. The molecule has 0 radical (unpaired) electrons. The normalized spacial score (nSPS) is 19.0. The van der Waals surface area contributed by atoms with Crippen LogP contribution in [0.1, 0.15) is 44.4 Å². The number of carbonyl (C=O) groups is 1. The first-order valence-electron chi connectivity index (χ1n) is 8.76. The third kappa shape index (κ3) is 4.15. The van der Waals surface area contributed by atoms with Gasteiger partial charge in [-0.15, -0.1) is 0 Å². The van der Waals surface area contributed by atoms with Crippen LogP contribution in [0.15, 0.2) is 42.5 Å². The van der Waals surface area contributed by atoms with Crippen LogP contribution in [-0.2, 0) is 4.79 Å². The summed E-state index contributed by atoms with van der Waals surface area (Å²) in [6.07, 6.45) is -0.0296. The highest BCUT2D eigenvalue weighted by Gasteiger charge is 2.35. The summed E-state index contributed by atoms with van der Waals surface area (Å²) in [7, 11) is 0. The molecule has 0 saturated carbocycles. The number of rotatable bonds is 4. The van der Waals surface area contributed by atoms with Crippen LogP contribution in [0.5, 0.6) is 11.5 Å². The molecule has 4 nitrogen and oxygen atoms in total. The predicted molar refractivity (Wildman–Crippen MR) is 97.9 cm³/mol. The second-order valence-electron chi connectivity index (χ2n) is 7.38. The first kappa shape index (κ1) is 18.2. The maximum Gasteiger partial charge on any atom is 0.261 e. The lowest BCUT2D eigenvalue weighted by Gasteiger charge is -2.38. The minimum atomic E-state index is -0.695. The summed E-state index contributed by atoms with van der Waals surface area (Å²) >= 11 is 0. The Bertz CT molecular complexity index is 801. The van der Waals surface area contributed by atoms with E-state index in [-0.39, 0.29) is 23.4 Å². The molecule has 0 bridgehead atoms. The standard InChI is InChI=1S/C21H24FNO3/c1-13-5-10-19-17(11-13)18(12-21(3,4)26-19)23-20(24)14(2)25-16-8-6-15(22)7-9-16/h5-11,14,18H,12H2,1-4H3,(H,23,24)/t14-,18+/m0/s1. The minimum Gasteiger partial charge on any atom is -0.487 e. The fourth-order valence-corrected chi connectivity index (χ4v) is 3.16. The zero-order valence-corrected chi connectivity index (χ0v) is 15.5. The van der Waals surface area contributed by atoms with Gasteiger partial charge in [-0.3, -0.25) is 4.79 Å². The van der Waals surface area contributed by atoms with Crippen LogP contribution < -0.4 is 14.8 Å². The maximum atomic E-state index is 13.0. The van der Waals surface area contributed by atoms with Gasteiger partial charge in [0.25, 0.3) is 5.91 Å². The number of nitrogens with one attached hydrogen (secondary N) is 1. The number of halogens is 1. The number of fused-ring (bicyclic) bond motifs is 1. The number of carbonyl (C=O) groups excluding carboxylic acids is 1. The van der Waals surface area contributed by atoms with E-state index in [1.165, 1.54) is 24.3 Å². The molecular formula is C21H24FNO3. The van der Waals surface area contributed by atoms with Gasteiger partial charge in [-0.1, -0.05) is 17.7 Å². The zero-order chi connectivity index (χ0) is 18.9. The fraction of sp³-hybridized carbons (Fsp3) is 0.381. The van der Waals surface area contributed by atoms with Gasteiger partial charge >= 0.3 is 0 Å². The summed E-state index contributed by atoms with van der Waals surface area (Å²) in [4.78, 5) is 12.6. The number of ether oxygens (including phenoxy) is 2. The van der Waals surface area contributed by atoms with Gasteiger partial charge in [-0.05, 0) is 58.0 Å². The quantitative estimate of drug-likeness (QED) is 0.886. The van der Waals surface area contributed by atoms with Crippen molar-refractivity contribution in [1.82, 2.24) is 5.32 Å². The van der Waals surface area contributed by atoms with Crippen molar-refractivity contribution >= 4 is 5.91 Å². The van der Waals surface area contributed by atoms with Crippen molar-refractivity contribution in [1.29, 1.82) is 0 Å². The molecule has 0 fully saturated rings. The Labute approximate surface area is 153 Å². The molecule has 1 heterocycles. The van der Waals surface area contributed by atoms with Crippen LogP contribution in [0.3, 0.4) is 0 Å². The summed E-state index contributed by atoms with van der Waals surface area (Å²) in [5.74, 6) is 0.692. The van der Waals surface area contributed by atoms with E-state index >= 15 is 0 Å². The average molecular weight is 357 g/mol. The van der Waals surface area contributed by atoms with E-state index in [9.17, 15) is 9.18 Å². The van der Waals surface area contributed by atoms with Gasteiger partial charge in [-0.25, -0.2) is 4.39 Å². The molecule has 2 atom stereocenters. The highest BCUT2D eigenvalue weighted by Crippen LogP contribution is 2.39. The number of hydrogen-bond donors (Lipinski definition) is 1. The molecule has 1 aliphatic rings. The van der Waals surface area contributed by atoms with Gasteiger partial charge in [0.15, 0.2) is 6.10 Å². The number of aryl methyl sites for hydroxylation is 1. The Hall–Kier alpha value is -2.56. The van der Waals surface area contributed by atoms with E-state index in [0.29, 0.717) is 12.2 Å². The lowest BCUT2D eigenvalue weighted by Crippen LogP contribution is -2.44. The third-order valence-electron chi connectivity index (χ3n) is 4.43. The highest BCUT2D eigenvalue weighted by atomic mass is 19.1. The molecule has 0 saturated heterocycles. The largest absolute Gasteiger partial charge is 0.487 e. The maximum absolute atomic E-state index is 13.0. The smallest absolute Gasteiger partial charge is 0.261 e. The molecule has 0 aliphatic carbocycles. The lowest BCUT2D eigenvalue weighted by atomic mass is 9.89. The SMILES string of the molecule is Cc1ccc2c(c1)[C@H](NC(=O)[C@H](C)Oc1ccc(F)cc1)CC(C)(C)O2. The molecule has 5 heteroatoms. The summed E-state index contributed by atoms with van der Waals surface area (Å²) in [5, 5.41) is 3.07. The van der Waals surface area contributed by atoms with Gasteiger partial charge in [0, 0.05) is 12.0 Å². The average Bonchev–Trinajstić information content (AvgIpc) is 2.57. The highest BCUT2D eigenvalue weighted by molar-refractivity contribution is 5.81. The van der Waals surface area contributed by atoms with Gasteiger partial charge in [0.05, 0.1) is 6.04 Å². The molecule has 26 heavy (non-hydrogen) atoms. The van der Waals surface area contributed by atoms with Crippen molar-refractivity contribution in [3.05, 3.63) is 59.4 Å². The molecule has 0 spiro atoms. The predicted octanol–water partition coefficient (Wildman–Crippen LogP) is 4.32. The lowest BCUT2D eigenvalue weighted by molar-refractivity contribution is -0.128. The van der Waals surface area contributed by atoms with E-state index in [2.05, 4.69) is 5.32 Å². The van der Waals surface area contributed by atoms with E-state index in [1.54, 1.807) is 6.92 Å². The van der Waals surface area contributed by atoms with Crippen LogP contribution in [0.4, 0.5) is 4.39 Å². The topological polar surface area (TPSA) is 47.6 Å². The Kier molecular flexibility index (Phi) is 4.90. The van der Waals surface area contributed by atoms with Crippen molar-refractivity contribution in [3.63, 3.8) is 0 Å². The van der Waals surface area contributed by atoms with E-state index in [4.69, 9.17) is 9.47 Å². The van der Waals surface area contributed by atoms with Gasteiger partial charge in [0.1, 0.15) is 22.9 Å². The Balaban J connectivity index is 1.74. The van der Waals surface area contributed by atoms with Gasteiger partial charge in [0.2, 0.25) is 0 Å². The molecule has 0 unspecified atom stereocenters. The number of amides is 1. The van der Waals surface area contributed by atoms with Crippen LogP contribution in [-0.4, -0.2) is 17.6 Å². The molecule has 1 aliphatic heterocycles. The van der Waals surface area contributed by atoms with Gasteiger partial charge < -0.3 is 14.8 Å². The number of hydrogen-bond acceptors (Lipinski definition) is 3. The van der Waals surface area contributed by atoms with E-state index in [0.717, 1.165) is 16.9 Å². The Morgan fingerprint density at radius 2 is 1.96 bits per heavy atom. The number of benzene rings is 2. The van der Waals surface area contributed by atoms with Gasteiger partial charge in [-0.2, -0.15) is 0 Å². The fourth-order valence-electron chi connectivity index (χ4n) is 3.16. The Morgan fingerprint density at radius 1 is 1.27 bits per heavy atom. The second kappa shape index (κ2) is 6.98. The summed E-state index contributed by atoms with van der Waals surface area (Å²) in [5.41, 5.74) is 1.72. The van der Waals surface area contributed by atoms with Crippen molar-refractivity contribution in [2.24, 2.45) is 0 Å². The monoisotopic (exact) mass is 357 g/mol. The molecule has 1 amide bonds. The van der Waals surface area contributed by atoms with E-state index in [1.807, 2.05) is 39.0 Å². The van der Waals surface area contributed by atoms with Crippen molar-refractivity contribution in [2.45, 2.75) is 51.9 Å². The van der Waals surface area contributed by atoms with Crippen molar-refractivity contribution in [3.8, 4) is 11.5 Å². The molecule has 138 valence electrons. The van der Waals surface area contributed by atoms with Crippen LogP contribution in [0.2, 0.25) is 0 Å². The summed E-state index contributed by atoms with van der Waals surface area (Å²) in [6, 6.07) is 11.5. The molecule has 2 aromatic rings. The molecule has 0 aromatic heterocycles. The first-order valence-corrected chi connectivity index (χ1v) is 8.76. The van der Waals surface area contributed by atoms with Crippen LogP contribution in [0.25, 0.3) is 0 Å². The second-order valence-corrected chi connectivity index (χ2v) is 7.38. The minimum absolute atomic E-state index is 0.152. The van der Waals surface area contributed by atoms with Crippen LogP contribution >= 0.6 is 0 Å². The zero-order valence-electron chi connectivity index (χ0n) is 15.5. The molecule has 1 N–H and O–H groups in total. The van der Waals surface area contributed by atoms with Crippen molar-refractivity contribution in [2.75, 3.05) is 0 Å². The Morgan fingerprint density at radius 3 is 2.65 bits per heavy atom.